The standard InChI is InChI=1S/C46H37N7O2/c1-51-23-17-30(18-24-51)43-36-11-9-34(47-36)42(29-5-7-33(8-6-29)46(54)55-4)35-10-12-37(48-35)44(31-19-25-52(2)26-20-31)39-14-16-41(50-39)45(40-15-13-38(43)49-40)32-21-27-53(3)28-22-32/h5-28H,1-4H3,(H,47,48,49,50)/q+2/p+1. The number of nitrogens with zero attached hydrogens (tertiary/aromatic N) is 5. The molecule has 9 nitrogen and oxygen atoms in total. The molecule has 0 amide bonds. The van der Waals surface area contributed by atoms with Gasteiger partial charge in [0.1, 0.15) is 21.1 Å². The van der Waals surface area contributed by atoms with E-state index in [1.54, 1.807) is 12.1 Å². The summed E-state index contributed by atoms with van der Waals surface area (Å²) in [6.07, 6.45) is 20.7. The largest absolute Gasteiger partial charge is 0.465 e. The lowest BCUT2D eigenvalue weighted by Gasteiger charge is -2.07. The van der Waals surface area contributed by atoms with E-state index in [0.29, 0.717) is 5.56 Å². The number of methoxy groups -OCH3 is 1. The predicted molar refractivity (Wildman–Crippen MR) is 215 cm³/mol. The molecule has 2 aliphatic rings. The topological polar surface area (TPSA) is 95.3 Å². The van der Waals surface area contributed by atoms with Crippen LogP contribution in [-0.2, 0) is 25.9 Å². The van der Waals surface area contributed by atoms with Crippen molar-refractivity contribution in [2.24, 2.45) is 21.1 Å². The van der Waals surface area contributed by atoms with Crippen molar-refractivity contribution >= 4 is 52.3 Å². The molecule has 9 rings (SSSR count). The van der Waals surface area contributed by atoms with E-state index in [-0.39, 0.29) is 5.97 Å². The van der Waals surface area contributed by atoms with Crippen molar-refractivity contribution in [3.8, 4) is 44.5 Å². The van der Waals surface area contributed by atoms with Gasteiger partial charge in [-0.15, -0.1) is 0 Å². The molecule has 0 spiro atoms. The lowest BCUT2D eigenvalue weighted by Crippen LogP contribution is -2.25. The van der Waals surface area contributed by atoms with E-state index in [4.69, 9.17) is 14.7 Å². The smallest absolute Gasteiger partial charge is 0.337 e. The quantitative estimate of drug-likeness (QED) is 0.142. The number of H-pyrrole nitrogens is 2. The average molecular weight is 721 g/mol. The highest BCUT2D eigenvalue weighted by molar-refractivity contribution is 6.00. The first-order chi connectivity index (χ1) is 26.8. The van der Waals surface area contributed by atoms with Gasteiger partial charge in [0.2, 0.25) is 0 Å². The normalized spacial score (nSPS) is 11.9. The summed E-state index contributed by atoms with van der Waals surface area (Å²) in [4.78, 5) is 30.7. The first-order valence-electron chi connectivity index (χ1n) is 18.0. The Hall–Kier alpha value is -7.26. The van der Waals surface area contributed by atoms with Crippen LogP contribution in [0.1, 0.15) is 33.1 Å². The minimum atomic E-state index is -0.384. The minimum Gasteiger partial charge on any atom is -0.465 e. The van der Waals surface area contributed by atoms with E-state index >= 15 is 0 Å². The van der Waals surface area contributed by atoms with Crippen LogP contribution in [0.15, 0.2) is 122 Å². The maximum absolute atomic E-state index is 12.4. The molecule has 8 bridgehead atoms. The zero-order valence-electron chi connectivity index (χ0n) is 30.9. The number of ether oxygens (including phenoxy) is 1. The van der Waals surface area contributed by atoms with Gasteiger partial charge in [-0.25, -0.2) is 28.5 Å². The van der Waals surface area contributed by atoms with Gasteiger partial charge in [-0.3, -0.25) is 0 Å². The van der Waals surface area contributed by atoms with Crippen molar-refractivity contribution < 1.29 is 23.2 Å². The zero-order chi connectivity index (χ0) is 37.6. The molecule has 6 aromatic heterocycles. The second kappa shape index (κ2) is 13.6. The molecule has 0 atom stereocenters. The second-order valence-electron chi connectivity index (χ2n) is 13.8. The van der Waals surface area contributed by atoms with Gasteiger partial charge in [0, 0.05) is 80.7 Å². The molecule has 0 radical (unpaired) electrons. The molecule has 8 heterocycles. The first kappa shape index (κ1) is 33.6. The molecular formula is C46H38N7O2+3. The van der Waals surface area contributed by atoms with E-state index in [9.17, 15) is 4.79 Å². The van der Waals surface area contributed by atoms with Gasteiger partial charge in [-0.2, -0.15) is 0 Å². The van der Waals surface area contributed by atoms with Crippen LogP contribution in [0.25, 0.3) is 90.9 Å². The highest BCUT2D eigenvalue weighted by Crippen LogP contribution is 2.38. The van der Waals surface area contributed by atoms with Gasteiger partial charge in [-0.05, 0) is 83.0 Å². The molecule has 2 N–H and O–H groups in total. The van der Waals surface area contributed by atoms with Crippen molar-refractivity contribution in [1.82, 2.24) is 19.9 Å². The summed E-state index contributed by atoms with van der Waals surface area (Å²) < 4.78 is 11.1. The molecule has 0 aliphatic carbocycles. The number of aromatic nitrogens is 7. The third kappa shape index (κ3) is 6.21. The lowest BCUT2D eigenvalue weighted by atomic mass is 10.0. The van der Waals surface area contributed by atoms with Gasteiger partial charge < -0.3 is 14.7 Å². The Kier molecular flexibility index (Phi) is 8.31. The molecule has 266 valence electrons. The number of carbonyl (C=O) groups excluding carboxylic acids is 1. The lowest BCUT2D eigenvalue weighted by molar-refractivity contribution is -0.671. The van der Waals surface area contributed by atoms with E-state index in [2.05, 4.69) is 107 Å². The fraction of sp³-hybridized carbons (Fsp3) is 0.0870. The number of pyridine rings is 3. The Morgan fingerprint density at radius 1 is 0.455 bits per heavy atom. The Bertz CT molecular complexity index is 2820. The third-order valence-electron chi connectivity index (χ3n) is 10.1. The average Bonchev–Trinajstić information content (AvgIpc) is 4.05. The number of aromatic amines is 2. The Labute approximate surface area is 317 Å². The Balaban J connectivity index is 1.44. The highest BCUT2D eigenvalue weighted by Gasteiger charge is 2.20. The van der Waals surface area contributed by atoms with Crippen LogP contribution in [0.3, 0.4) is 0 Å². The minimum absolute atomic E-state index is 0.384. The number of nitrogens with one attached hydrogen (secondary N) is 2. The number of rotatable bonds is 5. The van der Waals surface area contributed by atoms with Crippen molar-refractivity contribution in [2.45, 2.75) is 0 Å². The second-order valence-corrected chi connectivity index (χ2v) is 13.8. The number of aryl methyl sites for hydroxylation is 3. The number of hydrogen-bond donors (Lipinski definition) is 2. The van der Waals surface area contributed by atoms with Crippen LogP contribution in [0, 0.1) is 0 Å². The van der Waals surface area contributed by atoms with Gasteiger partial charge in [0.25, 0.3) is 0 Å². The van der Waals surface area contributed by atoms with Crippen molar-refractivity contribution in [3.05, 3.63) is 150 Å². The summed E-state index contributed by atoms with van der Waals surface area (Å²) in [5, 5.41) is 0. The van der Waals surface area contributed by atoms with Crippen LogP contribution in [0.5, 0.6) is 0 Å². The summed E-state index contributed by atoms with van der Waals surface area (Å²) in [7, 11) is 7.44. The summed E-state index contributed by atoms with van der Waals surface area (Å²) >= 11 is 0. The van der Waals surface area contributed by atoms with Crippen LogP contribution in [0.2, 0.25) is 0 Å². The maximum atomic E-state index is 12.4. The molecule has 9 heteroatoms. The fourth-order valence-corrected chi connectivity index (χ4v) is 7.31. The Morgan fingerprint density at radius 3 is 1.04 bits per heavy atom. The van der Waals surface area contributed by atoms with Crippen LogP contribution < -0.4 is 13.7 Å². The summed E-state index contributed by atoms with van der Waals surface area (Å²) in [6.45, 7) is 0. The van der Waals surface area contributed by atoms with E-state index < -0.39 is 0 Å². The molecule has 55 heavy (non-hydrogen) atoms. The zero-order valence-corrected chi connectivity index (χ0v) is 30.9. The highest BCUT2D eigenvalue weighted by atomic mass is 16.5. The van der Waals surface area contributed by atoms with E-state index in [1.807, 2.05) is 71.8 Å². The first-order valence-corrected chi connectivity index (χ1v) is 18.0. The number of esters is 1. The van der Waals surface area contributed by atoms with E-state index in [0.717, 1.165) is 89.4 Å². The predicted octanol–water partition coefficient (Wildman–Crippen LogP) is 7.58. The molecule has 1 aromatic carbocycles. The monoisotopic (exact) mass is 720 g/mol. The number of fused-ring (bicyclic) bond motifs is 8. The number of benzene rings is 1. The van der Waals surface area contributed by atoms with Crippen molar-refractivity contribution in [1.29, 1.82) is 0 Å². The van der Waals surface area contributed by atoms with Crippen molar-refractivity contribution in [2.75, 3.05) is 7.11 Å². The van der Waals surface area contributed by atoms with Gasteiger partial charge >= 0.3 is 5.97 Å². The third-order valence-corrected chi connectivity index (χ3v) is 10.1. The number of hydrogen-bond acceptors (Lipinski definition) is 4. The maximum Gasteiger partial charge on any atom is 0.337 e. The van der Waals surface area contributed by atoms with Crippen LogP contribution in [0.4, 0.5) is 0 Å². The van der Waals surface area contributed by atoms with Gasteiger partial charge in [0.05, 0.1) is 35.4 Å². The molecular weight excluding hydrogens is 683 g/mol. The van der Waals surface area contributed by atoms with Crippen LogP contribution in [-0.4, -0.2) is 33.0 Å². The van der Waals surface area contributed by atoms with Gasteiger partial charge in [0.15, 0.2) is 37.2 Å². The molecule has 0 unspecified atom stereocenters. The molecule has 0 fully saturated rings. The molecule has 0 saturated heterocycles. The molecule has 0 saturated carbocycles. The number of carbonyl (C=O) groups is 1. The summed E-state index contributed by atoms with van der Waals surface area (Å²) in [5.74, 6) is -0.384. The summed E-state index contributed by atoms with van der Waals surface area (Å²) in [5.41, 5.74) is 15.3. The summed E-state index contributed by atoms with van der Waals surface area (Å²) in [6, 6.07) is 28.7. The van der Waals surface area contributed by atoms with Crippen LogP contribution >= 0.6 is 0 Å². The Morgan fingerprint density at radius 2 is 0.745 bits per heavy atom. The van der Waals surface area contributed by atoms with Crippen molar-refractivity contribution in [3.63, 3.8) is 0 Å². The van der Waals surface area contributed by atoms with E-state index in [1.165, 1.54) is 7.11 Å². The van der Waals surface area contributed by atoms with Gasteiger partial charge in [-0.1, -0.05) is 12.1 Å². The molecule has 7 aromatic rings. The fourth-order valence-electron chi connectivity index (χ4n) is 7.31. The SMILES string of the molecule is COC(=O)c1ccc(-c2c3nc(c(-c4cc[n+](C)cc4)c4ccc([nH]4)c(-c4cc[n+](C)cc4)c4nc(c(-c5cc[n+](C)cc5)c5ccc2[nH]5)C=C4)C=C3)cc1. The molecule has 2 aliphatic heterocycles.